The topological polar surface area (TPSA) is 70.1 Å². The summed E-state index contributed by atoms with van der Waals surface area (Å²) in [5.41, 5.74) is 2.23. The van der Waals surface area contributed by atoms with Crippen molar-refractivity contribution in [3.63, 3.8) is 0 Å². The summed E-state index contributed by atoms with van der Waals surface area (Å²) in [7, 11) is 0. The Labute approximate surface area is 157 Å². The minimum atomic E-state index is -0.964. The summed E-state index contributed by atoms with van der Waals surface area (Å²) in [6, 6.07) is 5.81. The molecule has 0 aliphatic carbocycles. The third kappa shape index (κ3) is 2.87. The lowest BCUT2D eigenvalue weighted by Gasteiger charge is -2.38. The summed E-state index contributed by atoms with van der Waals surface area (Å²) in [6.07, 6.45) is 2.68. The van der Waals surface area contributed by atoms with Gasteiger partial charge in [0, 0.05) is 36.9 Å². The monoisotopic (exact) mass is 376 g/mol. The fourth-order valence-electron chi connectivity index (χ4n) is 4.20. The summed E-state index contributed by atoms with van der Waals surface area (Å²) >= 11 is 6.12. The van der Waals surface area contributed by atoms with Crippen molar-refractivity contribution in [3.8, 4) is 0 Å². The molecule has 1 aromatic rings. The van der Waals surface area contributed by atoms with Crippen molar-refractivity contribution in [2.75, 3.05) is 31.1 Å². The Bertz CT molecular complexity index is 773. The van der Waals surface area contributed by atoms with Crippen LogP contribution in [0.25, 0.3) is 0 Å². The number of benzene rings is 1. The van der Waals surface area contributed by atoms with Crippen molar-refractivity contribution < 1.29 is 19.4 Å². The number of carboxylic acid groups (broad SMARTS) is 1. The van der Waals surface area contributed by atoms with Crippen LogP contribution in [0.15, 0.2) is 30.4 Å². The lowest BCUT2D eigenvalue weighted by Crippen LogP contribution is -2.53. The van der Waals surface area contributed by atoms with E-state index in [-0.39, 0.29) is 5.91 Å². The molecular weight excluding hydrogens is 356 g/mol. The fraction of sp³-hybridized carbons (Fsp3) is 0.474. The van der Waals surface area contributed by atoms with Crippen LogP contribution in [0, 0.1) is 18.8 Å². The molecule has 7 heteroatoms. The number of carbonyl (C=O) groups excluding carboxylic acids is 1. The highest BCUT2D eigenvalue weighted by Gasteiger charge is 2.54. The average Bonchev–Trinajstić information content (AvgIpc) is 3.24. The van der Waals surface area contributed by atoms with Gasteiger partial charge in [-0.25, -0.2) is 0 Å². The molecule has 4 rings (SSSR count). The number of amides is 1. The number of carbonyl (C=O) groups is 2. The number of anilines is 1. The number of halogens is 1. The molecule has 2 bridgehead atoms. The Morgan fingerprint density at radius 2 is 1.77 bits per heavy atom. The van der Waals surface area contributed by atoms with Crippen LogP contribution in [-0.2, 0) is 14.3 Å². The fourth-order valence-corrected chi connectivity index (χ4v) is 4.36. The first-order valence-electron chi connectivity index (χ1n) is 8.82. The Hall–Kier alpha value is -2.05. The molecule has 1 aromatic carbocycles. The van der Waals surface area contributed by atoms with Gasteiger partial charge in [-0.05, 0) is 24.6 Å². The highest BCUT2D eigenvalue weighted by Crippen LogP contribution is 2.40. The lowest BCUT2D eigenvalue weighted by atomic mass is 9.82. The highest BCUT2D eigenvalue weighted by molar-refractivity contribution is 6.30. The van der Waals surface area contributed by atoms with Crippen LogP contribution in [0.3, 0.4) is 0 Å². The van der Waals surface area contributed by atoms with Gasteiger partial charge in [-0.15, -0.1) is 0 Å². The van der Waals surface area contributed by atoms with E-state index < -0.39 is 30.0 Å². The number of carboxylic acids is 1. The van der Waals surface area contributed by atoms with E-state index in [1.807, 2.05) is 31.2 Å². The zero-order chi connectivity index (χ0) is 18.4. The Morgan fingerprint density at radius 3 is 2.42 bits per heavy atom. The second kappa shape index (κ2) is 6.59. The molecule has 4 atom stereocenters. The molecule has 1 amide bonds. The van der Waals surface area contributed by atoms with Crippen LogP contribution in [-0.4, -0.2) is 60.3 Å². The molecule has 0 unspecified atom stereocenters. The maximum Gasteiger partial charge on any atom is 0.310 e. The second-order valence-electron chi connectivity index (χ2n) is 7.08. The molecule has 3 aliphatic rings. The van der Waals surface area contributed by atoms with Crippen molar-refractivity contribution in [2.45, 2.75) is 19.1 Å². The van der Waals surface area contributed by atoms with Crippen molar-refractivity contribution in [1.29, 1.82) is 0 Å². The van der Waals surface area contributed by atoms with Gasteiger partial charge in [-0.3, -0.25) is 9.59 Å². The van der Waals surface area contributed by atoms with Gasteiger partial charge < -0.3 is 19.6 Å². The van der Waals surface area contributed by atoms with Gasteiger partial charge in [0.2, 0.25) is 5.91 Å². The first kappa shape index (κ1) is 17.4. The molecule has 3 aliphatic heterocycles. The standard InChI is InChI=1S/C19H21ClN2O4/c1-11-2-3-12(20)10-13(11)21-6-8-22(9-7-21)18(23)16-14-4-5-15(26-14)17(16)19(24)25/h2-5,10,14-17H,6-9H2,1H3,(H,24,25)/t14-,15+,16-,17+/m1/s1. The molecule has 0 aromatic heterocycles. The van der Waals surface area contributed by atoms with E-state index in [1.54, 1.807) is 11.0 Å². The maximum atomic E-state index is 13.0. The molecule has 2 saturated heterocycles. The molecule has 138 valence electrons. The van der Waals surface area contributed by atoms with Crippen molar-refractivity contribution in [1.82, 2.24) is 4.90 Å². The number of aryl methyl sites for hydroxylation is 1. The van der Waals surface area contributed by atoms with Crippen molar-refractivity contribution in [3.05, 3.63) is 40.9 Å². The van der Waals surface area contributed by atoms with Gasteiger partial charge >= 0.3 is 5.97 Å². The second-order valence-corrected chi connectivity index (χ2v) is 7.52. The number of nitrogens with zero attached hydrogens (tertiary/aromatic N) is 2. The smallest absolute Gasteiger partial charge is 0.310 e. The van der Waals surface area contributed by atoms with Crippen LogP contribution in [0.1, 0.15) is 5.56 Å². The first-order chi connectivity index (χ1) is 12.5. The maximum absolute atomic E-state index is 13.0. The molecule has 0 saturated carbocycles. The Kier molecular flexibility index (Phi) is 4.40. The van der Waals surface area contributed by atoms with Crippen LogP contribution in [0.4, 0.5) is 5.69 Å². The van der Waals surface area contributed by atoms with Crippen molar-refractivity contribution in [2.24, 2.45) is 11.8 Å². The Balaban J connectivity index is 1.45. The minimum absolute atomic E-state index is 0.114. The van der Waals surface area contributed by atoms with Crippen molar-refractivity contribution >= 4 is 29.2 Å². The SMILES string of the molecule is Cc1ccc(Cl)cc1N1CCN(C(=O)[C@H]2[C@@H](C(=O)O)[C@@H]3C=C[C@H]2O3)CC1. The van der Waals surface area contributed by atoms with Crippen LogP contribution in [0.2, 0.25) is 5.02 Å². The molecule has 1 N–H and O–H groups in total. The zero-order valence-electron chi connectivity index (χ0n) is 14.5. The van der Waals surface area contributed by atoms with Gasteiger partial charge in [0.1, 0.15) is 5.92 Å². The predicted octanol–water partition coefficient (Wildman–Crippen LogP) is 1.95. The van der Waals surface area contributed by atoms with E-state index >= 15 is 0 Å². The number of piperazine rings is 1. The molecule has 2 fully saturated rings. The zero-order valence-corrected chi connectivity index (χ0v) is 15.2. The molecular formula is C19H21ClN2O4. The number of fused-ring (bicyclic) bond motifs is 2. The number of hydrogen-bond acceptors (Lipinski definition) is 4. The Morgan fingerprint density at radius 1 is 1.12 bits per heavy atom. The summed E-state index contributed by atoms with van der Waals surface area (Å²) in [5, 5.41) is 10.2. The van der Waals surface area contributed by atoms with E-state index in [1.165, 1.54) is 0 Å². The normalized spacial score (nSPS) is 30.1. The molecule has 3 heterocycles. The molecule has 26 heavy (non-hydrogen) atoms. The number of rotatable bonds is 3. The summed E-state index contributed by atoms with van der Waals surface area (Å²) in [5.74, 6) is -2.49. The predicted molar refractivity (Wildman–Crippen MR) is 97.4 cm³/mol. The van der Waals surface area contributed by atoms with E-state index in [9.17, 15) is 14.7 Å². The van der Waals surface area contributed by atoms with Gasteiger partial charge in [0.25, 0.3) is 0 Å². The third-order valence-corrected chi connectivity index (χ3v) is 5.81. The van der Waals surface area contributed by atoms with Gasteiger partial charge in [-0.1, -0.05) is 29.8 Å². The van der Waals surface area contributed by atoms with Gasteiger partial charge in [-0.2, -0.15) is 0 Å². The minimum Gasteiger partial charge on any atom is -0.481 e. The van der Waals surface area contributed by atoms with E-state index in [4.69, 9.17) is 16.3 Å². The van der Waals surface area contributed by atoms with Gasteiger partial charge in [0.15, 0.2) is 0 Å². The molecule has 0 spiro atoms. The quantitative estimate of drug-likeness (QED) is 0.816. The summed E-state index contributed by atoms with van der Waals surface area (Å²) < 4.78 is 5.63. The number of ether oxygens (including phenoxy) is 1. The average molecular weight is 377 g/mol. The first-order valence-corrected chi connectivity index (χ1v) is 9.20. The van der Waals surface area contributed by atoms with E-state index in [0.29, 0.717) is 31.2 Å². The van der Waals surface area contributed by atoms with Crippen LogP contribution in [0.5, 0.6) is 0 Å². The largest absolute Gasteiger partial charge is 0.481 e. The van der Waals surface area contributed by atoms with Crippen LogP contribution >= 0.6 is 11.6 Å². The van der Waals surface area contributed by atoms with Gasteiger partial charge in [0.05, 0.1) is 18.1 Å². The van der Waals surface area contributed by atoms with E-state index in [2.05, 4.69) is 4.90 Å². The molecule has 0 radical (unpaired) electrons. The summed E-state index contributed by atoms with van der Waals surface area (Å²) in [4.78, 5) is 28.6. The summed E-state index contributed by atoms with van der Waals surface area (Å²) in [6.45, 7) is 4.56. The van der Waals surface area contributed by atoms with E-state index in [0.717, 1.165) is 11.3 Å². The number of aliphatic carboxylic acids is 1. The van der Waals surface area contributed by atoms with Crippen LogP contribution < -0.4 is 4.90 Å². The highest BCUT2D eigenvalue weighted by atomic mass is 35.5. The molecule has 6 nitrogen and oxygen atoms in total. The lowest BCUT2D eigenvalue weighted by molar-refractivity contribution is -0.149. The number of hydrogen-bond donors (Lipinski definition) is 1. The third-order valence-electron chi connectivity index (χ3n) is 5.57.